The summed E-state index contributed by atoms with van der Waals surface area (Å²) in [7, 11) is 1.93. The first-order chi connectivity index (χ1) is 16.1. The highest BCUT2D eigenvalue weighted by atomic mass is 16.2. The fourth-order valence-electron chi connectivity index (χ4n) is 6.21. The van der Waals surface area contributed by atoms with Crippen molar-refractivity contribution in [3.63, 3.8) is 0 Å². The third kappa shape index (κ3) is 3.76. The molecule has 2 aliphatic heterocycles. The molecule has 0 unspecified atom stereocenters. The van der Waals surface area contributed by atoms with Gasteiger partial charge in [-0.15, -0.1) is 0 Å². The van der Waals surface area contributed by atoms with E-state index in [0.29, 0.717) is 42.5 Å². The summed E-state index contributed by atoms with van der Waals surface area (Å²) in [6.07, 6.45) is 2.91. The monoisotopic (exact) mass is 464 g/mol. The van der Waals surface area contributed by atoms with E-state index in [4.69, 9.17) is 9.97 Å². The number of amides is 4. The van der Waals surface area contributed by atoms with Crippen LogP contribution in [0.1, 0.15) is 46.5 Å². The summed E-state index contributed by atoms with van der Waals surface area (Å²) in [4.78, 5) is 54.2. The Kier molecular flexibility index (Phi) is 5.26. The first-order valence-electron chi connectivity index (χ1n) is 12.0. The number of benzene rings is 1. The predicted octanol–water partition coefficient (Wildman–Crippen LogP) is 2.94. The van der Waals surface area contributed by atoms with Crippen molar-refractivity contribution in [1.82, 2.24) is 20.2 Å². The molecule has 5 rings (SSSR count). The molecule has 3 heterocycles. The number of anilines is 2. The normalized spacial score (nSPS) is 26.6. The second kappa shape index (κ2) is 7.92. The van der Waals surface area contributed by atoms with Crippen LogP contribution in [0.25, 0.3) is 11.0 Å². The zero-order valence-corrected chi connectivity index (χ0v) is 20.3. The zero-order chi connectivity index (χ0) is 24.3. The Morgan fingerprint density at radius 3 is 2.44 bits per heavy atom. The molecule has 9 heteroatoms. The number of carbonyl (C=O) groups is 3. The molecule has 2 aromatic rings. The highest BCUT2D eigenvalue weighted by Gasteiger charge is 2.56. The van der Waals surface area contributed by atoms with Gasteiger partial charge in [-0.25, -0.2) is 14.8 Å². The van der Waals surface area contributed by atoms with Crippen molar-refractivity contribution < 1.29 is 14.4 Å². The second-order valence-electron chi connectivity index (χ2n) is 10.9. The number of para-hydroxylation sites is 2. The number of nitrogens with one attached hydrogen (secondary N) is 1. The van der Waals surface area contributed by atoms with Crippen LogP contribution in [0.4, 0.5) is 16.4 Å². The fourth-order valence-corrected chi connectivity index (χ4v) is 6.21. The van der Waals surface area contributed by atoms with Crippen molar-refractivity contribution in [2.75, 3.05) is 36.5 Å². The zero-order valence-electron chi connectivity index (χ0n) is 20.3. The summed E-state index contributed by atoms with van der Waals surface area (Å²) >= 11 is 0. The molecular formula is C25H32N6O3. The molecule has 2 fully saturated rings. The summed E-state index contributed by atoms with van der Waals surface area (Å²) < 4.78 is 0. The number of fused-ring (bicyclic) bond motifs is 2. The Hall–Kier alpha value is -3.23. The van der Waals surface area contributed by atoms with Crippen molar-refractivity contribution in [1.29, 1.82) is 0 Å². The van der Waals surface area contributed by atoms with E-state index >= 15 is 0 Å². The molecule has 1 saturated carbocycles. The molecule has 3 aliphatic rings. The first kappa shape index (κ1) is 22.6. The maximum absolute atomic E-state index is 13.5. The van der Waals surface area contributed by atoms with Gasteiger partial charge in [0.1, 0.15) is 12.1 Å². The number of aromatic nitrogens is 2. The second-order valence-corrected chi connectivity index (χ2v) is 10.9. The van der Waals surface area contributed by atoms with Gasteiger partial charge in [-0.3, -0.25) is 19.4 Å². The van der Waals surface area contributed by atoms with Crippen molar-refractivity contribution in [3.8, 4) is 0 Å². The minimum atomic E-state index is -0.925. The molecule has 1 N–H and O–H groups in total. The molecule has 180 valence electrons. The summed E-state index contributed by atoms with van der Waals surface area (Å²) in [6.45, 7) is 7.24. The fraction of sp³-hybridized carbons (Fsp3) is 0.560. The Balaban J connectivity index is 1.43. The molecule has 1 spiro atoms. The molecule has 1 aromatic carbocycles. The van der Waals surface area contributed by atoms with E-state index < -0.39 is 11.6 Å². The lowest BCUT2D eigenvalue weighted by Crippen LogP contribution is -2.54. The highest BCUT2D eigenvalue weighted by molar-refractivity contribution is 6.10. The maximum atomic E-state index is 13.5. The number of hydrogen-bond acceptors (Lipinski definition) is 6. The van der Waals surface area contributed by atoms with Gasteiger partial charge >= 0.3 is 6.03 Å². The maximum Gasteiger partial charge on any atom is 0.325 e. The van der Waals surface area contributed by atoms with Crippen LogP contribution in [0.2, 0.25) is 0 Å². The van der Waals surface area contributed by atoms with Gasteiger partial charge in [-0.1, -0.05) is 32.9 Å². The number of nitrogens with zero attached hydrogens (tertiary/aromatic N) is 5. The highest BCUT2D eigenvalue weighted by Crippen LogP contribution is 2.46. The Bertz CT molecular complexity index is 1180. The van der Waals surface area contributed by atoms with Crippen LogP contribution in [-0.4, -0.2) is 64.9 Å². The summed E-state index contributed by atoms with van der Waals surface area (Å²) in [5.41, 5.74) is 0.464. The van der Waals surface area contributed by atoms with Crippen LogP contribution in [0.15, 0.2) is 24.3 Å². The molecular weight excluding hydrogens is 432 g/mol. The van der Waals surface area contributed by atoms with Crippen LogP contribution in [-0.2, 0) is 9.59 Å². The summed E-state index contributed by atoms with van der Waals surface area (Å²) in [5.74, 6) is 0.784. The van der Waals surface area contributed by atoms with Gasteiger partial charge in [-0.2, -0.15) is 0 Å². The standard InChI is InChI=1S/C25H32N6O3/c1-16-12-24(2,3)15-25(13-16)22(33)31(23(34)28-25)14-19(32)30-11-7-10-29(4)20-21(30)27-18-9-6-5-8-17(18)26-20/h5-6,8-9,16H,7,10-15H2,1-4H3,(H,28,34)/t16-,25-/m1/s1. The third-order valence-electron chi connectivity index (χ3n) is 7.25. The molecule has 1 aromatic heterocycles. The smallest absolute Gasteiger partial charge is 0.325 e. The summed E-state index contributed by atoms with van der Waals surface area (Å²) in [6, 6.07) is 7.06. The van der Waals surface area contributed by atoms with Gasteiger partial charge in [0.05, 0.1) is 11.0 Å². The minimum Gasteiger partial charge on any atom is -0.357 e. The van der Waals surface area contributed by atoms with Crippen molar-refractivity contribution in [2.45, 2.75) is 52.0 Å². The van der Waals surface area contributed by atoms with Gasteiger partial charge < -0.3 is 10.2 Å². The third-order valence-corrected chi connectivity index (χ3v) is 7.25. The average molecular weight is 465 g/mol. The number of imide groups is 1. The van der Waals surface area contributed by atoms with E-state index in [1.54, 1.807) is 4.90 Å². The number of urea groups is 1. The van der Waals surface area contributed by atoms with Gasteiger partial charge in [0, 0.05) is 20.1 Å². The molecule has 0 bridgehead atoms. The molecule has 34 heavy (non-hydrogen) atoms. The molecule has 1 aliphatic carbocycles. The SMILES string of the molecule is C[C@@H]1CC(C)(C)C[C@@]2(C1)NC(=O)N(CC(=O)N1CCCN(C)c3nc4ccccc4nc31)C2=O. The van der Waals surface area contributed by atoms with Crippen LogP contribution >= 0.6 is 0 Å². The van der Waals surface area contributed by atoms with E-state index in [-0.39, 0.29) is 23.8 Å². The number of hydrogen-bond donors (Lipinski definition) is 1. The first-order valence-corrected chi connectivity index (χ1v) is 12.0. The van der Waals surface area contributed by atoms with Gasteiger partial charge in [-0.05, 0) is 49.1 Å². The van der Waals surface area contributed by atoms with Crippen LogP contribution in [0.3, 0.4) is 0 Å². The van der Waals surface area contributed by atoms with E-state index in [9.17, 15) is 14.4 Å². The van der Waals surface area contributed by atoms with Gasteiger partial charge in [0.2, 0.25) is 5.91 Å². The van der Waals surface area contributed by atoms with Crippen LogP contribution in [0, 0.1) is 11.3 Å². The van der Waals surface area contributed by atoms with Crippen molar-refractivity contribution >= 4 is 40.5 Å². The number of rotatable bonds is 2. The Morgan fingerprint density at radius 1 is 1.09 bits per heavy atom. The topological polar surface area (TPSA) is 98.7 Å². The largest absolute Gasteiger partial charge is 0.357 e. The quantitative estimate of drug-likeness (QED) is 0.686. The summed E-state index contributed by atoms with van der Waals surface area (Å²) in [5, 5.41) is 2.96. The molecule has 4 amide bonds. The van der Waals surface area contributed by atoms with E-state index in [2.05, 4.69) is 26.1 Å². The van der Waals surface area contributed by atoms with E-state index in [1.807, 2.05) is 36.2 Å². The lowest BCUT2D eigenvalue weighted by Gasteiger charge is -2.43. The van der Waals surface area contributed by atoms with E-state index in [0.717, 1.165) is 29.8 Å². The molecule has 1 saturated heterocycles. The van der Waals surface area contributed by atoms with Crippen LogP contribution in [0.5, 0.6) is 0 Å². The minimum absolute atomic E-state index is 0.0639. The Morgan fingerprint density at radius 2 is 1.76 bits per heavy atom. The Labute approximate surface area is 199 Å². The van der Waals surface area contributed by atoms with Crippen molar-refractivity contribution in [3.05, 3.63) is 24.3 Å². The molecule has 9 nitrogen and oxygen atoms in total. The predicted molar refractivity (Wildman–Crippen MR) is 130 cm³/mol. The van der Waals surface area contributed by atoms with Gasteiger partial charge in [0.25, 0.3) is 5.91 Å². The van der Waals surface area contributed by atoms with Crippen molar-refractivity contribution in [2.24, 2.45) is 11.3 Å². The van der Waals surface area contributed by atoms with Crippen LogP contribution < -0.4 is 15.1 Å². The van der Waals surface area contributed by atoms with E-state index in [1.165, 1.54) is 0 Å². The lowest BCUT2D eigenvalue weighted by atomic mass is 9.64. The molecule has 0 radical (unpaired) electrons. The number of carbonyl (C=O) groups excluding carboxylic acids is 3. The molecule has 2 atom stereocenters. The lowest BCUT2D eigenvalue weighted by molar-refractivity contribution is -0.137. The average Bonchev–Trinajstić information content (AvgIpc) is 2.88. The van der Waals surface area contributed by atoms with Gasteiger partial charge in [0.15, 0.2) is 11.6 Å².